The number of hydrogen-bond donors (Lipinski definition) is 0. The molecule has 0 radical (unpaired) electrons. The fraction of sp³-hybridized carbons (Fsp3) is 0. The lowest BCUT2D eigenvalue weighted by molar-refractivity contribution is 0.379. The molecule has 0 saturated heterocycles. The van der Waals surface area contributed by atoms with Crippen molar-refractivity contribution >= 4 is 28.0 Å². The van der Waals surface area contributed by atoms with Gasteiger partial charge in [-0.25, -0.2) is 79.0 Å². The molecule has 0 aliphatic rings. The van der Waals surface area contributed by atoms with Gasteiger partial charge in [0.1, 0.15) is 52.7 Å². The highest BCUT2D eigenvalue weighted by atomic mass is 19.2. The van der Waals surface area contributed by atoms with Gasteiger partial charge < -0.3 is 0 Å². The van der Waals surface area contributed by atoms with Crippen LogP contribution in [0.5, 0.6) is 0 Å². The van der Waals surface area contributed by atoms with Crippen LogP contribution in [0.3, 0.4) is 0 Å². The maximum Gasteiger partial charge on any atom is 0.200 e. The molecule has 0 aliphatic carbocycles. The summed E-state index contributed by atoms with van der Waals surface area (Å²) in [5, 5.41) is 0. The fourth-order valence-electron chi connectivity index (χ4n) is 4.80. The molecule has 0 aromatic heterocycles. The van der Waals surface area contributed by atoms with Crippen LogP contribution in [0.25, 0.3) is 0 Å². The van der Waals surface area contributed by atoms with Crippen LogP contribution in [-0.2, 0) is 0 Å². The monoisotopic (exact) mass is 643 g/mol. The molecular formula is C24H2BF18-. The third-order valence-corrected chi connectivity index (χ3v) is 6.52. The van der Waals surface area contributed by atoms with E-state index in [0.29, 0.717) is 0 Å². The van der Waals surface area contributed by atoms with Crippen molar-refractivity contribution in [3.8, 4) is 0 Å². The van der Waals surface area contributed by atoms with Crippen LogP contribution in [0.2, 0.25) is 0 Å². The van der Waals surface area contributed by atoms with Crippen LogP contribution in [-0.4, -0.2) is 6.15 Å². The Morgan fingerprint density at radius 3 is 0.767 bits per heavy atom. The first-order valence-electron chi connectivity index (χ1n) is 10.7. The van der Waals surface area contributed by atoms with Gasteiger partial charge in [0.15, 0.2) is 58.2 Å². The maximum absolute atomic E-state index is 15.3. The number of rotatable bonds is 4. The van der Waals surface area contributed by atoms with Crippen LogP contribution in [0.15, 0.2) is 12.1 Å². The van der Waals surface area contributed by atoms with Crippen LogP contribution in [0.1, 0.15) is 0 Å². The summed E-state index contributed by atoms with van der Waals surface area (Å²) in [4.78, 5) is 0. The summed E-state index contributed by atoms with van der Waals surface area (Å²) < 4.78 is 264. The normalized spacial score (nSPS) is 12.0. The summed E-state index contributed by atoms with van der Waals surface area (Å²) in [6.07, 6.45) is -6.64. The van der Waals surface area contributed by atoms with Crippen molar-refractivity contribution in [1.29, 1.82) is 0 Å². The third-order valence-electron chi connectivity index (χ3n) is 6.52. The molecule has 0 bridgehead atoms. The van der Waals surface area contributed by atoms with E-state index in [1.807, 2.05) is 0 Å². The van der Waals surface area contributed by atoms with E-state index in [1.54, 1.807) is 0 Å². The van der Waals surface area contributed by atoms with Crippen molar-refractivity contribution in [2.45, 2.75) is 0 Å². The zero-order chi connectivity index (χ0) is 32.6. The molecule has 0 nitrogen and oxygen atoms in total. The van der Waals surface area contributed by atoms with E-state index in [0.717, 1.165) is 0 Å². The standard InChI is InChI=1S/C24H2BF18/c26-3-1-4(9(28)5(27)2-3)25(6-10(29)16(35)22(41)17(36)11(6)30,7-12(31)18(37)23(42)19(38)13(7)32)8-14(33)20(39)24(43)21(40)15(8)34/h1-2H/q-1. The third kappa shape index (κ3) is 4.14. The summed E-state index contributed by atoms with van der Waals surface area (Å²) in [5.74, 6) is -58.4. The molecule has 0 spiro atoms. The van der Waals surface area contributed by atoms with Gasteiger partial charge in [-0.15, -0.1) is 16.4 Å². The smallest absolute Gasteiger partial charge is 0.200 e. The molecule has 43 heavy (non-hydrogen) atoms. The highest BCUT2D eigenvalue weighted by Crippen LogP contribution is 2.29. The Kier molecular flexibility index (Phi) is 7.68. The number of benzene rings is 4. The lowest BCUT2D eigenvalue weighted by Gasteiger charge is -2.44. The van der Waals surface area contributed by atoms with Crippen LogP contribution in [0, 0.1) is 105 Å². The van der Waals surface area contributed by atoms with Crippen LogP contribution >= 0.6 is 0 Å². The molecule has 4 aromatic rings. The van der Waals surface area contributed by atoms with Gasteiger partial charge in [0.05, 0.1) is 0 Å². The van der Waals surface area contributed by atoms with Crippen LogP contribution in [0.4, 0.5) is 79.0 Å². The average Bonchev–Trinajstić information content (AvgIpc) is 2.96. The Hall–Kier alpha value is -4.32. The van der Waals surface area contributed by atoms with E-state index < -0.39 is 145 Å². The first-order chi connectivity index (χ1) is 19.8. The predicted octanol–water partition coefficient (Wildman–Crippen LogP) is 5.57. The highest BCUT2D eigenvalue weighted by Gasteiger charge is 2.50. The van der Waals surface area contributed by atoms with Gasteiger partial charge in [0.2, 0.25) is 0 Å². The maximum atomic E-state index is 15.3. The second kappa shape index (κ2) is 10.4. The van der Waals surface area contributed by atoms with Gasteiger partial charge in [0.25, 0.3) is 0 Å². The summed E-state index contributed by atoms with van der Waals surface area (Å²) >= 11 is 0. The zero-order valence-corrected chi connectivity index (χ0v) is 19.5. The Balaban J connectivity index is 2.63. The molecule has 0 heterocycles. The van der Waals surface area contributed by atoms with E-state index in [9.17, 15) is 48.3 Å². The second-order valence-electron chi connectivity index (χ2n) is 8.61. The van der Waals surface area contributed by atoms with E-state index in [4.69, 9.17) is 0 Å². The van der Waals surface area contributed by atoms with E-state index >= 15 is 30.7 Å². The number of hydrogen-bond acceptors (Lipinski definition) is 0. The Bertz CT molecular complexity index is 1610. The van der Waals surface area contributed by atoms with E-state index in [2.05, 4.69) is 0 Å². The van der Waals surface area contributed by atoms with Crippen molar-refractivity contribution < 1.29 is 79.0 Å². The molecule has 228 valence electrons. The molecule has 0 unspecified atom stereocenters. The van der Waals surface area contributed by atoms with Crippen molar-refractivity contribution in [2.24, 2.45) is 0 Å². The molecule has 0 saturated carbocycles. The highest BCUT2D eigenvalue weighted by molar-refractivity contribution is 7.20. The quantitative estimate of drug-likeness (QED) is 0.118. The Morgan fingerprint density at radius 1 is 0.279 bits per heavy atom. The molecule has 0 amide bonds. The van der Waals surface area contributed by atoms with Crippen molar-refractivity contribution in [1.82, 2.24) is 0 Å². The van der Waals surface area contributed by atoms with Crippen LogP contribution < -0.4 is 21.9 Å². The summed E-state index contributed by atoms with van der Waals surface area (Å²) in [6, 6.07) is -1.26. The Morgan fingerprint density at radius 2 is 0.512 bits per heavy atom. The topological polar surface area (TPSA) is 0 Å². The number of halogens is 18. The molecule has 0 aliphatic heterocycles. The summed E-state index contributed by atoms with van der Waals surface area (Å²) in [6.45, 7) is 0. The van der Waals surface area contributed by atoms with Gasteiger partial charge in [-0.3, -0.25) is 0 Å². The second-order valence-corrected chi connectivity index (χ2v) is 8.61. The van der Waals surface area contributed by atoms with Gasteiger partial charge in [-0.2, -0.15) is 5.46 Å². The molecule has 4 rings (SSSR count). The minimum absolute atomic E-state index is 0.519. The zero-order valence-electron chi connectivity index (χ0n) is 19.5. The predicted molar refractivity (Wildman–Crippen MR) is 109 cm³/mol. The fourth-order valence-corrected chi connectivity index (χ4v) is 4.80. The van der Waals surface area contributed by atoms with Gasteiger partial charge in [0, 0.05) is 6.07 Å². The molecule has 0 fully saturated rings. The molecule has 0 atom stereocenters. The molecule has 4 aromatic carbocycles. The minimum Gasteiger partial charge on any atom is -0.207 e. The molecule has 0 N–H and O–H groups in total. The first-order valence-corrected chi connectivity index (χ1v) is 10.7. The largest absolute Gasteiger partial charge is 0.207 e. The summed E-state index contributed by atoms with van der Waals surface area (Å²) in [5.41, 5.74) is -12.4. The van der Waals surface area contributed by atoms with Gasteiger partial charge in [-0.05, 0) is 0 Å². The SMILES string of the molecule is Fc1cc(F)c(F)c([B-](c2c(F)c(F)c(F)c(F)c2F)(c2c(F)c(F)c(F)c(F)c2F)c2c(F)c(F)c(F)c(F)c2F)c1. The summed E-state index contributed by atoms with van der Waals surface area (Å²) in [7, 11) is 0. The van der Waals surface area contributed by atoms with Gasteiger partial charge >= 0.3 is 0 Å². The lowest BCUT2D eigenvalue weighted by Crippen LogP contribution is -2.80. The van der Waals surface area contributed by atoms with Gasteiger partial charge in [-0.1, -0.05) is 6.07 Å². The Labute approximate surface area is 224 Å². The van der Waals surface area contributed by atoms with Crippen molar-refractivity contribution in [2.75, 3.05) is 0 Å². The first kappa shape index (κ1) is 31.6. The average molecular weight is 643 g/mol. The van der Waals surface area contributed by atoms with E-state index in [1.165, 1.54) is 0 Å². The van der Waals surface area contributed by atoms with Crippen molar-refractivity contribution in [3.63, 3.8) is 0 Å². The lowest BCUT2D eigenvalue weighted by atomic mass is 9.12. The van der Waals surface area contributed by atoms with Crippen molar-refractivity contribution in [3.05, 3.63) is 117 Å². The molecular weight excluding hydrogens is 641 g/mol. The van der Waals surface area contributed by atoms with E-state index in [-0.39, 0.29) is 0 Å². The molecule has 19 heteroatoms. The minimum atomic E-state index is -6.64.